The lowest BCUT2D eigenvalue weighted by atomic mass is 9.97. The first kappa shape index (κ1) is 89.1. The fourth-order valence-electron chi connectivity index (χ4n) is 12.4. The van der Waals surface area contributed by atoms with E-state index in [0.717, 1.165) is 43.9 Å². The minimum absolute atomic E-state index is 0.0237. The van der Waals surface area contributed by atoms with E-state index in [0.29, 0.717) is 30.7 Å². The van der Waals surface area contributed by atoms with Crippen molar-refractivity contribution in [2.45, 2.75) is 275 Å². The number of carbonyl (C=O) groups excluding carboxylic acids is 12. The van der Waals surface area contributed by atoms with Crippen molar-refractivity contribution < 1.29 is 97.4 Å². The van der Waals surface area contributed by atoms with Crippen LogP contribution in [0, 0.1) is 17.8 Å². The standard InChI is InChI=1S/C74H114N12O20/c1-8-44(6)63-74(105)106-50-29-25-47(26-30-50)40-56(81-65(96)51(21-17-37-75)78-66(97)52(32-35-60(92)93)77-59(91)41-49(89)20-16-14-12-10-9-11-13-15-19-42(2)3)70(101)85-64(45(7)87)72(103)80-54(33-36-61(94)95)68(99)83-62(43(4)5)73(104)86-38-18-22-57(86)71(102)79-53(31-34-58(76)90)67(98)82-55(69(100)84-63)39-46-23-27-48(88)28-24-46/h23-30,42-45,49,51-57,62-64,87-89H,8-22,31-41,75H2,1-7H3,(H2,76,90)(H,77,91)(H,78,97)(H,79,102)(H,80,103)(H,81,96)(H,82,98)(H,83,99)(H,84,100)(H,85,101)(H,92,93)(H,94,95). The molecule has 5 rings (SSSR count). The molecule has 0 spiro atoms. The third kappa shape index (κ3) is 31.4. The first-order valence-electron chi connectivity index (χ1n) is 37.1. The largest absolute Gasteiger partial charge is 0.508 e. The van der Waals surface area contributed by atoms with Gasteiger partial charge in [0.2, 0.25) is 65.0 Å². The summed E-state index contributed by atoms with van der Waals surface area (Å²) in [6.07, 6.45) is 2.76. The maximum absolute atomic E-state index is 14.9. The Morgan fingerprint density at radius 2 is 1.14 bits per heavy atom. The van der Waals surface area contributed by atoms with Crippen LogP contribution in [0.1, 0.15) is 201 Å². The van der Waals surface area contributed by atoms with Crippen LogP contribution in [0.5, 0.6) is 11.5 Å². The van der Waals surface area contributed by atoms with E-state index in [9.17, 15) is 92.7 Å². The van der Waals surface area contributed by atoms with Crippen molar-refractivity contribution >= 4 is 82.9 Å². The molecule has 13 unspecified atom stereocenters. The van der Waals surface area contributed by atoms with Crippen molar-refractivity contribution in [2.24, 2.45) is 29.2 Å². The molecule has 0 radical (unpaired) electrons. The molecule has 13 atom stereocenters. The first-order chi connectivity index (χ1) is 50.2. The molecule has 2 aromatic carbocycles. The fourth-order valence-corrected chi connectivity index (χ4v) is 12.4. The number of unbranched alkanes of at least 4 members (excludes halogenated alkanes) is 7. The summed E-state index contributed by atoms with van der Waals surface area (Å²) in [6, 6.07) is -4.88. The van der Waals surface area contributed by atoms with Crippen molar-refractivity contribution in [3.8, 4) is 11.5 Å². The number of benzene rings is 2. The van der Waals surface area contributed by atoms with Crippen molar-refractivity contribution in [2.75, 3.05) is 13.1 Å². The van der Waals surface area contributed by atoms with Crippen LogP contribution in [0.3, 0.4) is 0 Å². The van der Waals surface area contributed by atoms with Crippen LogP contribution in [0.4, 0.5) is 0 Å². The summed E-state index contributed by atoms with van der Waals surface area (Å²) in [5.41, 5.74) is 12.1. The number of nitrogens with zero attached hydrogens (tertiary/aromatic N) is 1. The van der Waals surface area contributed by atoms with Crippen LogP contribution in [0.25, 0.3) is 0 Å². The molecule has 11 amide bonds. The van der Waals surface area contributed by atoms with E-state index in [-0.39, 0.29) is 62.3 Å². The lowest BCUT2D eigenvalue weighted by Gasteiger charge is -2.32. The molecule has 0 aliphatic carbocycles. The van der Waals surface area contributed by atoms with Gasteiger partial charge in [-0.15, -0.1) is 0 Å². The second kappa shape index (κ2) is 45.9. The highest BCUT2D eigenvalue weighted by Crippen LogP contribution is 2.24. The summed E-state index contributed by atoms with van der Waals surface area (Å²) in [5, 5.41) is 74.6. The predicted molar refractivity (Wildman–Crippen MR) is 388 cm³/mol. The van der Waals surface area contributed by atoms with E-state index in [1.54, 1.807) is 27.7 Å². The second-order valence-electron chi connectivity index (χ2n) is 28.5. The summed E-state index contributed by atoms with van der Waals surface area (Å²) < 4.78 is 5.83. The van der Waals surface area contributed by atoms with Crippen LogP contribution in [0.2, 0.25) is 0 Å². The quantitative estimate of drug-likeness (QED) is 0.0199. The zero-order chi connectivity index (χ0) is 78.7. The minimum Gasteiger partial charge on any atom is -0.508 e. The number of hydrogen-bond donors (Lipinski definition) is 16. The molecule has 0 aromatic heterocycles. The molecule has 2 aromatic rings. The van der Waals surface area contributed by atoms with Gasteiger partial charge in [-0.25, -0.2) is 4.79 Å². The zero-order valence-corrected chi connectivity index (χ0v) is 62.1. The van der Waals surface area contributed by atoms with Gasteiger partial charge in [-0.1, -0.05) is 130 Å². The molecule has 590 valence electrons. The highest BCUT2D eigenvalue weighted by Gasteiger charge is 2.43. The third-order valence-electron chi connectivity index (χ3n) is 18.8. The number of carboxylic acids is 2. The van der Waals surface area contributed by atoms with Crippen LogP contribution in [-0.4, -0.2) is 199 Å². The number of carboxylic acid groups (broad SMARTS) is 2. The van der Waals surface area contributed by atoms with Crippen LogP contribution in [0.15, 0.2) is 48.5 Å². The highest BCUT2D eigenvalue weighted by atomic mass is 16.5. The highest BCUT2D eigenvalue weighted by molar-refractivity contribution is 6.00. The number of ether oxygens (including phenoxy) is 1. The van der Waals surface area contributed by atoms with Gasteiger partial charge in [-0.05, 0) is 118 Å². The predicted octanol–water partition coefficient (Wildman–Crippen LogP) is 1.58. The average molecular weight is 1490 g/mol. The number of phenolic OH excluding ortho intramolecular Hbond substituents is 1. The Balaban J connectivity index is 1.78. The first-order valence-corrected chi connectivity index (χ1v) is 37.1. The molecular formula is C74H114N12O20. The third-order valence-corrected chi connectivity index (χ3v) is 18.8. The molecule has 0 saturated carbocycles. The number of aliphatic carboxylic acids is 2. The maximum Gasteiger partial charge on any atom is 0.334 e. The number of aliphatic hydroxyl groups is 2. The minimum atomic E-state index is -1.99. The van der Waals surface area contributed by atoms with Gasteiger partial charge >= 0.3 is 17.9 Å². The second-order valence-corrected chi connectivity index (χ2v) is 28.5. The molecule has 106 heavy (non-hydrogen) atoms. The van der Waals surface area contributed by atoms with E-state index in [2.05, 4.69) is 61.7 Å². The van der Waals surface area contributed by atoms with Crippen LogP contribution >= 0.6 is 0 Å². The van der Waals surface area contributed by atoms with Crippen molar-refractivity contribution in [1.82, 2.24) is 52.8 Å². The number of rotatable bonds is 36. The lowest BCUT2D eigenvalue weighted by Crippen LogP contribution is -2.62. The molecule has 3 aliphatic heterocycles. The Morgan fingerprint density at radius 1 is 0.594 bits per heavy atom. The van der Waals surface area contributed by atoms with E-state index < -0.39 is 219 Å². The summed E-state index contributed by atoms with van der Waals surface area (Å²) in [6.45, 7) is 11.9. The molecule has 1 fully saturated rings. The van der Waals surface area contributed by atoms with Gasteiger partial charge in [0.15, 0.2) is 0 Å². The molecule has 32 heteroatoms. The Bertz CT molecular complexity index is 3260. The number of carbonyl (C=O) groups is 14. The van der Waals surface area contributed by atoms with Gasteiger partial charge in [-0.2, -0.15) is 0 Å². The van der Waals surface area contributed by atoms with Crippen LogP contribution < -0.4 is 64.1 Å². The van der Waals surface area contributed by atoms with Crippen molar-refractivity contribution in [1.29, 1.82) is 0 Å². The summed E-state index contributed by atoms with van der Waals surface area (Å²) in [4.78, 5) is 196. The van der Waals surface area contributed by atoms with E-state index in [1.165, 1.54) is 67.8 Å². The summed E-state index contributed by atoms with van der Waals surface area (Å²) >= 11 is 0. The lowest BCUT2D eigenvalue weighted by molar-refractivity contribution is -0.144. The number of hydrogen-bond acceptors (Lipinski definition) is 19. The Morgan fingerprint density at radius 3 is 1.72 bits per heavy atom. The number of nitrogens with two attached hydrogens (primary N) is 2. The van der Waals surface area contributed by atoms with Crippen molar-refractivity contribution in [3.63, 3.8) is 0 Å². The number of primary amides is 1. The number of esters is 1. The Hall–Kier alpha value is -9.30. The fraction of sp³-hybridized carbons (Fsp3) is 0.649. The molecule has 1 saturated heterocycles. The molecule has 2 bridgehead atoms. The zero-order valence-electron chi connectivity index (χ0n) is 62.1. The number of aromatic hydroxyl groups is 1. The summed E-state index contributed by atoms with van der Waals surface area (Å²) in [5.74, 6) is -15.4. The topological polar surface area (TPSA) is 513 Å². The molecule has 3 heterocycles. The van der Waals surface area contributed by atoms with Crippen molar-refractivity contribution in [3.05, 3.63) is 59.7 Å². The SMILES string of the molecule is CCC(C)C1NC(=O)C(Cc2ccc(O)cc2)NC(=O)C(CCC(N)=O)NC(=O)C2CCCN2C(=O)C(C(C)C)NC(=O)C(CCC(=O)O)NC(=O)C(C(C)O)NC(=O)C(NC(=O)C(CCCN)NC(=O)C(CCC(=O)O)NC(=O)CC(O)CCCCCCCCCCC(C)C)Cc2ccc(cc2)OC1=O. The number of nitrogens with one attached hydrogen (secondary N) is 9. The number of amides is 11. The molecule has 18 N–H and O–H groups in total. The average Bonchev–Trinajstić information content (AvgIpc) is 1.61. The summed E-state index contributed by atoms with van der Waals surface area (Å²) in [7, 11) is 0. The van der Waals surface area contributed by atoms with E-state index in [4.69, 9.17) is 16.2 Å². The number of phenols is 1. The van der Waals surface area contributed by atoms with Gasteiger partial charge in [0.1, 0.15) is 71.9 Å². The van der Waals surface area contributed by atoms with Crippen LogP contribution in [-0.2, 0) is 80.0 Å². The molecule has 32 nitrogen and oxygen atoms in total. The number of aliphatic hydroxyl groups excluding tert-OH is 2. The maximum atomic E-state index is 14.9. The van der Waals surface area contributed by atoms with Gasteiger partial charge in [0.05, 0.1) is 18.6 Å². The van der Waals surface area contributed by atoms with Gasteiger partial charge in [0.25, 0.3) is 0 Å². The normalized spacial score (nSPS) is 21.9. The molecular weight excluding hydrogens is 1380 g/mol. The number of fused-ring (bicyclic) bond motifs is 23. The van der Waals surface area contributed by atoms with Gasteiger partial charge in [-0.3, -0.25) is 62.3 Å². The van der Waals surface area contributed by atoms with E-state index >= 15 is 0 Å². The van der Waals surface area contributed by atoms with E-state index in [1.807, 2.05) is 0 Å². The van der Waals surface area contributed by atoms with Gasteiger partial charge in [0, 0.05) is 38.6 Å². The van der Waals surface area contributed by atoms with Gasteiger partial charge < -0.3 is 94.5 Å². The Labute approximate surface area is 619 Å². The monoisotopic (exact) mass is 1490 g/mol. The molecule has 3 aliphatic rings. The smallest absolute Gasteiger partial charge is 0.334 e. The Kier molecular flexibility index (Phi) is 38.6.